The van der Waals surface area contributed by atoms with Crippen molar-refractivity contribution in [2.75, 3.05) is 12.4 Å². The number of amides is 1. The van der Waals surface area contributed by atoms with E-state index in [1.807, 2.05) is 33.8 Å². The zero-order valence-electron chi connectivity index (χ0n) is 16.5. The molecule has 0 fully saturated rings. The lowest BCUT2D eigenvalue weighted by atomic mass is 10.1. The van der Waals surface area contributed by atoms with Gasteiger partial charge in [-0.3, -0.25) is 4.79 Å². The number of ether oxygens (including phenoxy) is 1. The van der Waals surface area contributed by atoms with Gasteiger partial charge in [-0.2, -0.15) is 5.10 Å². The Morgan fingerprint density at radius 1 is 1.14 bits per heavy atom. The van der Waals surface area contributed by atoms with Gasteiger partial charge in [0.2, 0.25) is 5.91 Å². The van der Waals surface area contributed by atoms with Crippen LogP contribution in [-0.2, 0) is 11.2 Å². The molecular weight excluding hydrogens is 378 g/mol. The third-order valence-corrected chi connectivity index (χ3v) is 4.67. The summed E-state index contributed by atoms with van der Waals surface area (Å²) in [5, 5.41) is 7.83. The molecule has 3 rings (SSSR count). The van der Waals surface area contributed by atoms with Gasteiger partial charge in [-0.25, -0.2) is 14.6 Å². The predicted molar refractivity (Wildman–Crippen MR) is 108 cm³/mol. The molecule has 0 unspecified atom stereocenters. The topological polar surface area (TPSA) is 81.9 Å². The molecule has 0 aliphatic rings. The number of aromatic nitrogens is 4. The van der Waals surface area contributed by atoms with E-state index in [0.717, 1.165) is 28.3 Å². The van der Waals surface area contributed by atoms with E-state index in [1.54, 1.807) is 30.0 Å². The van der Waals surface area contributed by atoms with Gasteiger partial charge >= 0.3 is 0 Å². The van der Waals surface area contributed by atoms with Crippen LogP contribution in [0.4, 0.5) is 5.69 Å². The molecule has 0 saturated heterocycles. The summed E-state index contributed by atoms with van der Waals surface area (Å²) in [6, 6.07) is 7.02. The maximum Gasteiger partial charge on any atom is 0.251 e. The van der Waals surface area contributed by atoms with Crippen LogP contribution in [-0.4, -0.2) is 32.8 Å². The highest BCUT2D eigenvalue weighted by molar-refractivity contribution is 6.32. The molecule has 146 valence electrons. The normalized spacial score (nSPS) is 10.8. The zero-order chi connectivity index (χ0) is 20.4. The van der Waals surface area contributed by atoms with Gasteiger partial charge < -0.3 is 10.1 Å². The molecule has 8 heteroatoms. The number of hydrogen-bond donors (Lipinski definition) is 1. The van der Waals surface area contributed by atoms with Crippen LogP contribution < -0.4 is 10.1 Å². The third-order valence-electron chi connectivity index (χ3n) is 4.37. The number of aryl methyl sites for hydroxylation is 3. The van der Waals surface area contributed by atoms with Crippen molar-refractivity contribution < 1.29 is 9.53 Å². The van der Waals surface area contributed by atoms with Crippen molar-refractivity contribution in [3.8, 4) is 11.7 Å². The maximum atomic E-state index is 12.6. The van der Waals surface area contributed by atoms with Crippen LogP contribution >= 0.6 is 11.6 Å². The summed E-state index contributed by atoms with van der Waals surface area (Å²) in [5.41, 5.74) is 4.79. The van der Waals surface area contributed by atoms with Gasteiger partial charge in [0.15, 0.2) is 0 Å². The van der Waals surface area contributed by atoms with Gasteiger partial charge in [0.05, 0.1) is 24.2 Å². The predicted octanol–water partition coefficient (Wildman–Crippen LogP) is 3.74. The number of nitrogens with zero attached hydrogens (tertiary/aromatic N) is 4. The summed E-state index contributed by atoms with van der Waals surface area (Å²) in [6.45, 7) is 7.61. The molecule has 0 radical (unpaired) electrons. The number of anilines is 1. The fourth-order valence-corrected chi connectivity index (χ4v) is 3.30. The van der Waals surface area contributed by atoms with Crippen molar-refractivity contribution in [3.63, 3.8) is 0 Å². The van der Waals surface area contributed by atoms with Crippen LogP contribution in [0.2, 0.25) is 5.02 Å². The third kappa shape index (κ3) is 4.14. The fourth-order valence-electron chi connectivity index (χ4n) is 3.04. The van der Waals surface area contributed by atoms with Crippen molar-refractivity contribution >= 4 is 23.2 Å². The zero-order valence-corrected chi connectivity index (χ0v) is 17.3. The van der Waals surface area contributed by atoms with E-state index in [0.29, 0.717) is 22.4 Å². The second-order valence-electron chi connectivity index (χ2n) is 6.59. The van der Waals surface area contributed by atoms with Gasteiger partial charge in [0.1, 0.15) is 5.75 Å². The number of benzene rings is 1. The molecule has 0 aliphatic carbocycles. The Bertz CT molecular complexity index is 1030. The number of hydrogen-bond acceptors (Lipinski definition) is 5. The van der Waals surface area contributed by atoms with Crippen molar-refractivity contribution in [2.45, 2.75) is 34.1 Å². The first-order chi connectivity index (χ1) is 13.3. The molecule has 3 aromatic rings. The molecule has 1 aromatic carbocycles. The van der Waals surface area contributed by atoms with E-state index in [4.69, 9.17) is 16.3 Å². The van der Waals surface area contributed by atoms with Crippen LogP contribution in [0.3, 0.4) is 0 Å². The molecule has 1 amide bonds. The molecule has 0 saturated carbocycles. The quantitative estimate of drug-likeness (QED) is 0.706. The smallest absolute Gasteiger partial charge is 0.251 e. The molecule has 2 heterocycles. The molecule has 0 bridgehead atoms. The lowest BCUT2D eigenvalue weighted by molar-refractivity contribution is -0.115. The van der Waals surface area contributed by atoms with Crippen LogP contribution in [0.15, 0.2) is 24.3 Å². The molecule has 0 atom stereocenters. The van der Waals surface area contributed by atoms with Crippen LogP contribution in [0, 0.1) is 27.7 Å². The van der Waals surface area contributed by atoms with Crippen LogP contribution in [0.25, 0.3) is 5.95 Å². The lowest BCUT2D eigenvalue weighted by Gasteiger charge is -2.09. The van der Waals surface area contributed by atoms with E-state index in [9.17, 15) is 4.79 Å². The van der Waals surface area contributed by atoms with Crippen LogP contribution in [0.1, 0.15) is 28.3 Å². The van der Waals surface area contributed by atoms with Gasteiger partial charge in [0.25, 0.3) is 5.95 Å². The number of nitrogens with one attached hydrogen (secondary N) is 1. The fraction of sp³-hybridized carbons (Fsp3) is 0.300. The van der Waals surface area contributed by atoms with Crippen molar-refractivity contribution in [1.29, 1.82) is 0 Å². The summed E-state index contributed by atoms with van der Waals surface area (Å²) in [4.78, 5) is 21.5. The summed E-state index contributed by atoms with van der Waals surface area (Å²) in [6.07, 6.45) is 0.187. The van der Waals surface area contributed by atoms with Crippen molar-refractivity contribution in [1.82, 2.24) is 19.7 Å². The Labute approximate surface area is 168 Å². The van der Waals surface area contributed by atoms with E-state index >= 15 is 0 Å². The maximum absolute atomic E-state index is 12.6. The summed E-state index contributed by atoms with van der Waals surface area (Å²) < 4.78 is 6.81. The van der Waals surface area contributed by atoms with Gasteiger partial charge in [-0.05, 0) is 52.0 Å². The average Bonchev–Trinajstić information content (AvgIpc) is 2.89. The highest BCUT2D eigenvalue weighted by atomic mass is 35.5. The highest BCUT2D eigenvalue weighted by Gasteiger charge is 2.18. The first kappa shape index (κ1) is 19.8. The van der Waals surface area contributed by atoms with Gasteiger partial charge in [-0.1, -0.05) is 11.6 Å². The highest BCUT2D eigenvalue weighted by Crippen LogP contribution is 2.27. The lowest BCUT2D eigenvalue weighted by Crippen LogP contribution is -2.15. The largest absolute Gasteiger partial charge is 0.495 e. The Morgan fingerprint density at radius 2 is 1.82 bits per heavy atom. The van der Waals surface area contributed by atoms with Gasteiger partial charge in [0, 0.05) is 28.3 Å². The van der Waals surface area contributed by atoms with E-state index in [-0.39, 0.29) is 12.3 Å². The number of halogens is 1. The number of methoxy groups -OCH3 is 1. The molecule has 1 N–H and O–H groups in total. The minimum absolute atomic E-state index is 0.159. The van der Waals surface area contributed by atoms with Crippen molar-refractivity contribution in [3.05, 3.63) is 57.6 Å². The average molecular weight is 400 g/mol. The molecule has 2 aromatic heterocycles. The van der Waals surface area contributed by atoms with E-state index in [1.165, 1.54) is 0 Å². The standard InChI is InChI=1S/C20H22ClN5O2/c1-11-8-12(2)23-20(22-11)26-14(4)16(13(3)25-26)10-19(27)24-15-6-7-18(28-5)17(21)9-15/h6-9H,10H2,1-5H3,(H,24,27). The first-order valence-corrected chi connectivity index (χ1v) is 9.17. The van der Waals surface area contributed by atoms with E-state index < -0.39 is 0 Å². The van der Waals surface area contributed by atoms with Crippen molar-refractivity contribution in [2.24, 2.45) is 0 Å². The number of carbonyl (C=O) groups is 1. The molecule has 0 spiro atoms. The number of rotatable bonds is 5. The Hall–Kier alpha value is -2.93. The minimum Gasteiger partial charge on any atom is -0.495 e. The molecular formula is C20H22ClN5O2. The first-order valence-electron chi connectivity index (χ1n) is 8.79. The Kier molecular flexibility index (Phi) is 5.65. The second kappa shape index (κ2) is 7.98. The minimum atomic E-state index is -0.159. The summed E-state index contributed by atoms with van der Waals surface area (Å²) in [7, 11) is 1.54. The summed E-state index contributed by atoms with van der Waals surface area (Å²) >= 11 is 6.12. The molecule has 7 nitrogen and oxygen atoms in total. The second-order valence-corrected chi connectivity index (χ2v) is 6.99. The summed E-state index contributed by atoms with van der Waals surface area (Å²) in [5.74, 6) is 0.904. The Balaban J connectivity index is 1.82. The number of carbonyl (C=O) groups excluding carboxylic acids is 1. The van der Waals surface area contributed by atoms with Gasteiger partial charge in [-0.15, -0.1) is 0 Å². The van der Waals surface area contributed by atoms with E-state index in [2.05, 4.69) is 20.4 Å². The SMILES string of the molecule is COc1ccc(NC(=O)Cc2c(C)nn(-c3nc(C)cc(C)n3)c2C)cc1Cl. The van der Waals surface area contributed by atoms with Crippen LogP contribution in [0.5, 0.6) is 5.75 Å². The molecule has 28 heavy (non-hydrogen) atoms. The monoisotopic (exact) mass is 399 g/mol. The molecule has 0 aliphatic heterocycles. The Morgan fingerprint density at radius 3 is 2.43 bits per heavy atom.